The third kappa shape index (κ3) is 6.89. The Morgan fingerprint density at radius 3 is 2.10 bits per heavy atom. The fourth-order valence-electron chi connectivity index (χ4n) is 4.39. The van der Waals surface area contributed by atoms with Crippen molar-refractivity contribution in [1.29, 1.82) is 0 Å². The first-order valence-corrected chi connectivity index (χ1v) is 13.2. The van der Waals surface area contributed by atoms with Crippen LogP contribution >= 0.6 is 0 Å². The van der Waals surface area contributed by atoms with E-state index in [-0.39, 0.29) is 23.3 Å². The van der Waals surface area contributed by atoms with E-state index in [1.807, 2.05) is 20.8 Å². The molecule has 4 atom stereocenters. The van der Waals surface area contributed by atoms with E-state index in [2.05, 4.69) is 45.2 Å². The molecule has 0 aromatic rings. The van der Waals surface area contributed by atoms with Crippen LogP contribution in [-0.2, 0) is 18.1 Å². The Kier molecular flexibility index (Phi) is 11.1. The van der Waals surface area contributed by atoms with Crippen LogP contribution in [0.1, 0.15) is 61.3 Å². The van der Waals surface area contributed by atoms with E-state index in [1.54, 1.807) is 0 Å². The first-order chi connectivity index (χ1) is 13.7. The molecule has 0 saturated heterocycles. The van der Waals surface area contributed by atoms with Gasteiger partial charge in [0.1, 0.15) is 0 Å². The first kappa shape index (κ1) is 26.3. The number of carbonyl (C=O) groups is 1. The van der Waals surface area contributed by atoms with Crippen molar-refractivity contribution in [3.8, 4) is 0 Å². The standard InChI is InChI=1S/C22H43NO5Si/c1-8-22(7)14-13-18(17(5)6)19(21(24)25)20(22)23-15-12-16-29(26-9-2,27-10-3)28-11-4/h13-14,17-20,23H,8-12,15-16H2,1-7H3,(H,24,25). The van der Waals surface area contributed by atoms with Crippen molar-refractivity contribution in [2.75, 3.05) is 26.4 Å². The smallest absolute Gasteiger partial charge is 0.481 e. The molecule has 4 unspecified atom stereocenters. The van der Waals surface area contributed by atoms with Crippen LogP contribution in [0.25, 0.3) is 0 Å². The molecule has 170 valence electrons. The lowest BCUT2D eigenvalue weighted by atomic mass is 9.63. The molecule has 0 radical (unpaired) electrons. The minimum atomic E-state index is -2.67. The lowest BCUT2D eigenvalue weighted by molar-refractivity contribution is -0.146. The van der Waals surface area contributed by atoms with E-state index in [1.165, 1.54) is 0 Å². The average molecular weight is 430 g/mol. The van der Waals surface area contributed by atoms with Gasteiger partial charge in [-0.05, 0) is 52.0 Å². The van der Waals surface area contributed by atoms with Crippen LogP contribution in [0.15, 0.2) is 12.2 Å². The van der Waals surface area contributed by atoms with E-state index in [0.717, 1.165) is 18.9 Å². The molecule has 2 N–H and O–H groups in total. The molecular formula is C22H43NO5Si. The number of aliphatic carboxylic acids is 1. The molecule has 0 fully saturated rings. The van der Waals surface area contributed by atoms with Gasteiger partial charge in [0.25, 0.3) is 0 Å². The Labute approximate surface area is 178 Å². The topological polar surface area (TPSA) is 77.0 Å². The summed E-state index contributed by atoms with van der Waals surface area (Å²) in [6.45, 7) is 16.8. The zero-order valence-corrected chi connectivity index (χ0v) is 20.5. The zero-order chi connectivity index (χ0) is 22.1. The summed E-state index contributed by atoms with van der Waals surface area (Å²) in [6.07, 6.45) is 6.08. The number of carboxylic acids is 1. The van der Waals surface area contributed by atoms with Crippen molar-refractivity contribution in [2.24, 2.45) is 23.2 Å². The third-order valence-electron chi connectivity index (χ3n) is 6.12. The molecule has 0 aliphatic heterocycles. The Morgan fingerprint density at radius 1 is 1.14 bits per heavy atom. The maximum atomic E-state index is 12.2. The van der Waals surface area contributed by atoms with Gasteiger partial charge in [-0.25, -0.2) is 0 Å². The number of rotatable bonds is 14. The van der Waals surface area contributed by atoms with Gasteiger partial charge in [0, 0.05) is 37.3 Å². The second-order valence-corrected chi connectivity index (χ2v) is 11.2. The highest BCUT2D eigenvalue weighted by molar-refractivity contribution is 6.60. The number of nitrogens with one attached hydrogen (secondary N) is 1. The van der Waals surface area contributed by atoms with Gasteiger partial charge in [0.2, 0.25) is 0 Å². The highest BCUT2D eigenvalue weighted by Crippen LogP contribution is 2.42. The van der Waals surface area contributed by atoms with Gasteiger partial charge in [-0.2, -0.15) is 0 Å². The maximum Gasteiger partial charge on any atom is 0.500 e. The normalized spacial score (nSPS) is 27.5. The Balaban J connectivity index is 2.89. The zero-order valence-electron chi connectivity index (χ0n) is 19.5. The summed E-state index contributed by atoms with van der Waals surface area (Å²) in [4.78, 5) is 12.2. The molecule has 1 aliphatic carbocycles. The van der Waals surface area contributed by atoms with E-state index in [4.69, 9.17) is 13.3 Å². The third-order valence-corrected chi connectivity index (χ3v) is 9.27. The first-order valence-electron chi connectivity index (χ1n) is 11.3. The van der Waals surface area contributed by atoms with Crippen molar-refractivity contribution in [2.45, 2.75) is 73.4 Å². The minimum absolute atomic E-state index is 0.0355. The Hall–Kier alpha value is -0.733. The Bertz CT molecular complexity index is 510. The van der Waals surface area contributed by atoms with Gasteiger partial charge in [-0.15, -0.1) is 0 Å². The monoisotopic (exact) mass is 429 g/mol. The second kappa shape index (κ2) is 12.2. The van der Waals surface area contributed by atoms with E-state index in [0.29, 0.717) is 26.4 Å². The molecule has 0 saturated carbocycles. The van der Waals surface area contributed by atoms with Gasteiger partial charge >= 0.3 is 14.8 Å². The van der Waals surface area contributed by atoms with Crippen LogP contribution in [0.2, 0.25) is 6.04 Å². The molecule has 0 spiro atoms. The molecule has 29 heavy (non-hydrogen) atoms. The fraction of sp³-hybridized carbons (Fsp3) is 0.864. The van der Waals surface area contributed by atoms with Crippen LogP contribution in [0.3, 0.4) is 0 Å². The van der Waals surface area contributed by atoms with Crippen molar-refractivity contribution in [3.05, 3.63) is 12.2 Å². The van der Waals surface area contributed by atoms with Crippen LogP contribution < -0.4 is 5.32 Å². The predicted molar refractivity (Wildman–Crippen MR) is 119 cm³/mol. The summed E-state index contributed by atoms with van der Waals surface area (Å²) in [5, 5.41) is 13.6. The fourth-order valence-corrected chi connectivity index (χ4v) is 7.00. The highest BCUT2D eigenvalue weighted by atomic mass is 28.4. The lowest BCUT2D eigenvalue weighted by Gasteiger charge is -2.45. The van der Waals surface area contributed by atoms with Crippen molar-refractivity contribution in [3.63, 3.8) is 0 Å². The van der Waals surface area contributed by atoms with E-state index >= 15 is 0 Å². The highest BCUT2D eigenvalue weighted by Gasteiger charge is 2.47. The molecule has 6 nitrogen and oxygen atoms in total. The molecule has 0 aromatic carbocycles. The molecule has 0 amide bonds. The minimum Gasteiger partial charge on any atom is -0.481 e. The molecule has 0 bridgehead atoms. The van der Waals surface area contributed by atoms with Crippen LogP contribution in [0.5, 0.6) is 0 Å². The summed E-state index contributed by atoms with van der Waals surface area (Å²) in [5.41, 5.74) is -0.178. The van der Waals surface area contributed by atoms with Gasteiger partial charge in [-0.3, -0.25) is 4.79 Å². The SMILES string of the molecule is CCO[Si](CCCNC1C(C(=O)O)C(C(C)C)C=CC1(C)CC)(OCC)OCC. The Morgan fingerprint density at radius 2 is 1.69 bits per heavy atom. The summed E-state index contributed by atoms with van der Waals surface area (Å²) in [7, 11) is -2.67. The van der Waals surface area contributed by atoms with Crippen molar-refractivity contribution < 1.29 is 23.2 Å². The van der Waals surface area contributed by atoms with Crippen LogP contribution in [0, 0.1) is 23.2 Å². The second-order valence-electron chi connectivity index (χ2n) is 8.42. The number of hydrogen-bond acceptors (Lipinski definition) is 5. The van der Waals surface area contributed by atoms with Gasteiger partial charge in [0.15, 0.2) is 0 Å². The predicted octanol–water partition coefficient (Wildman–Crippen LogP) is 4.34. The average Bonchev–Trinajstić information content (AvgIpc) is 2.66. The lowest BCUT2D eigenvalue weighted by Crippen LogP contribution is -2.55. The van der Waals surface area contributed by atoms with Crippen molar-refractivity contribution in [1.82, 2.24) is 5.32 Å². The molecule has 0 aromatic heterocycles. The van der Waals surface area contributed by atoms with Crippen LogP contribution in [-0.4, -0.2) is 52.3 Å². The quantitative estimate of drug-likeness (QED) is 0.243. The van der Waals surface area contributed by atoms with Crippen molar-refractivity contribution >= 4 is 14.8 Å². The van der Waals surface area contributed by atoms with E-state index in [9.17, 15) is 9.90 Å². The number of hydrogen-bond donors (Lipinski definition) is 2. The summed E-state index contributed by atoms with van der Waals surface area (Å²) in [6, 6.07) is 0.622. The summed E-state index contributed by atoms with van der Waals surface area (Å²) in [5.74, 6) is -0.829. The van der Waals surface area contributed by atoms with Gasteiger partial charge in [-0.1, -0.05) is 39.8 Å². The summed E-state index contributed by atoms with van der Waals surface area (Å²) < 4.78 is 17.8. The van der Waals surface area contributed by atoms with Crippen LogP contribution in [0.4, 0.5) is 0 Å². The molecule has 0 heterocycles. The molecule has 1 rings (SSSR count). The van der Waals surface area contributed by atoms with E-state index < -0.39 is 20.7 Å². The van der Waals surface area contributed by atoms with Gasteiger partial charge in [0.05, 0.1) is 5.92 Å². The molecule has 7 heteroatoms. The number of carboxylic acid groups (broad SMARTS) is 1. The largest absolute Gasteiger partial charge is 0.500 e. The molecule has 1 aliphatic rings. The maximum absolute atomic E-state index is 12.2. The van der Waals surface area contributed by atoms with Gasteiger partial charge < -0.3 is 23.7 Å². The summed E-state index contributed by atoms with van der Waals surface area (Å²) >= 11 is 0. The number of allylic oxidation sites excluding steroid dienone is 1. The molecular weight excluding hydrogens is 386 g/mol.